The number of pyridine rings is 1. The van der Waals surface area contributed by atoms with Crippen LogP contribution in [0.4, 0.5) is 5.82 Å². The number of carbonyl (C=O) groups is 1. The van der Waals surface area contributed by atoms with E-state index in [4.69, 9.17) is 0 Å². The molecule has 0 bridgehead atoms. The summed E-state index contributed by atoms with van der Waals surface area (Å²) in [5.74, 6) is 1.87. The first-order chi connectivity index (χ1) is 10.7. The van der Waals surface area contributed by atoms with Crippen molar-refractivity contribution in [1.29, 1.82) is 0 Å². The minimum atomic E-state index is 0.159. The van der Waals surface area contributed by atoms with Gasteiger partial charge in [0.1, 0.15) is 11.6 Å². The van der Waals surface area contributed by atoms with Gasteiger partial charge in [0.25, 0.3) is 0 Å². The lowest BCUT2D eigenvalue weighted by molar-refractivity contribution is -0.130. The zero-order valence-corrected chi connectivity index (χ0v) is 12.6. The van der Waals surface area contributed by atoms with E-state index in [1.54, 1.807) is 18.6 Å². The maximum Gasteiger partial charge on any atom is 0.227 e. The van der Waals surface area contributed by atoms with Gasteiger partial charge in [-0.2, -0.15) is 0 Å². The van der Waals surface area contributed by atoms with Crippen molar-refractivity contribution in [2.24, 2.45) is 0 Å². The first kappa shape index (κ1) is 14.4. The van der Waals surface area contributed by atoms with Crippen molar-refractivity contribution < 1.29 is 4.79 Å². The quantitative estimate of drug-likeness (QED) is 0.848. The molecule has 2 aromatic heterocycles. The van der Waals surface area contributed by atoms with Gasteiger partial charge in [0, 0.05) is 44.8 Å². The molecule has 1 saturated heterocycles. The van der Waals surface area contributed by atoms with Gasteiger partial charge in [-0.1, -0.05) is 6.07 Å². The third-order valence-corrected chi connectivity index (χ3v) is 3.80. The number of aromatic nitrogens is 3. The second kappa shape index (κ2) is 6.51. The molecular formula is C16H19N5O. The average Bonchev–Trinajstić information content (AvgIpc) is 2.56. The molecule has 2 aromatic rings. The molecule has 0 radical (unpaired) electrons. The van der Waals surface area contributed by atoms with E-state index in [2.05, 4.69) is 19.9 Å². The van der Waals surface area contributed by atoms with Crippen LogP contribution in [0.25, 0.3) is 0 Å². The van der Waals surface area contributed by atoms with E-state index in [9.17, 15) is 4.79 Å². The average molecular weight is 297 g/mol. The molecule has 6 nitrogen and oxygen atoms in total. The molecule has 0 aliphatic carbocycles. The van der Waals surface area contributed by atoms with Crippen LogP contribution >= 0.6 is 0 Å². The number of carbonyl (C=O) groups excluding carboxylic acids is 1. The Kier molecular flexibility index (Phi) is 4.27. The standard InChI is InChI=1S/C16H19N5O/c1-13-18-6-4-15(19-13)20-7-9-21(10-8-20)16(22)11-14-3-2-5-17-12-14/h2-6,12H,7-11H2,1H3. The van der Waals surface area contributed by atoms with E-state index in [0.717, 1.165) is 43.4 Å². The number of amides is 1. The van der Waals surface area contributed by atoms with E-state index < -0.39 is 0 Å². The zero-order valence-electron chi connectivity index (χ0n) is 12.6. The lowest BCUT2D eigenvalue weighted by Gasteiger charge is -2.35. The highest BCUT2D eigenvalue weighted by Gasteiger charge is 2.22. The lowest BCUT2D eigenvalue weighted by Crippen LogP contribution is -2.49. The molecule has 0 unspecified atom stereocenters. The Morgan fingerprint density at radius 2 is 2.00 bits per heavy atom. The van der Waals surface area contributed by atoms with Crippen LogP contribution in [0.2, 0.25) is 0 Å². The van der Waals surface area contributed by atoms with Gasteiger partial charge in [-0.15, -0.1) is 0 Å². The third-order valence-electron chi connectivity index (χ3n) is 3.80. The number of hydrogen-bond acceptors (Lipinski definition) is 5. The van der Waals surface area contributed by atoms with Crippen molar-refractivity contribution >= 4 is 11.7 Å². The minimum Gasteiger partial charge on any atom is -0.353 e. The molecule has 114 valence electrons. The third kappa shape index (κ3) is 3.39. The summed E-state index contributed by atoms with van der Waals surface area (Å²) in [7, 11) is 0. The van der Waals surface area contributed by atoms with Gasteiger partial charge in [0.15, 0.2) is 0 Å². The molecule has 0 saturated carbocycles. The van der Waals surface area contributed by atoms with Gasteiger partial charge in [0.2, 0.25) is 5.91 Å². The van der Waals surface area contributed by atoms with E-state index in [1.165, 1.54) is 0 Å². The minimum absolute atomic E-state index is 0.159. The molecule has 6 heteroatoms. The maximum atomic E-state index is 12.3. The van der Waals surface area contributed by atoms with Gasteiger partial charge in [-0.3, -0.25) is 9.78 Å². The second-order valence-corrected chi connectivity index (χ2v) is 5.37. The fraction of sp³-hybridized carbons (Fsp3) is 0.375. The summed E-state index contributed by atoms with van der Waals surface area (Å²) in [4.78, 5) is 29.0. The van der Waals surface area contributed by atoms with Gasteiger partial charge in [-0.05, 0) is 24.6 Å². The lowest BCUT2D eigenvalue weighted by atomic mass is 10.2. The van der Waals surface area contributed by atoms with Crippen molar-refractivity contribution in [3.8, 4) is 0 Å². The number of piperazine rings is 1. The van der Waals surface area contributed by atoms with Crippen LogP contribution in [-0.4, -0.2) is 51.9 Å². The van der Waals surface area contributed by atoms with Crippen LogP contribution in [0, 0.1) is 6.92 Å². The van der Waals surface area contributed by atoms with Crippen molar-refractivity contribution in [2.45, 2.75) is 13.3 Å². The summed E-state index contributed by atoms with van der Waals surface area (Å²) < 4.78 is 0. The van der Waals surface area contributed by atoms with Crippen LogP contribution in [0.15, 0.2) is 36.8 Å². The molecular weight excluding hydrogens is 278 g/mol. The smallest absolute Gasteiger partial charge is 0.227 e. The molecule has 1 aliphatic heterocycles. The summed E-state index contributed by atoms with van der Waals surface area (Å²) in [5, 5.41) is 0. The number of hydrogen-bond donors (Lipinski definition) is 0. The van der Waals surface area contributed by atoms with Crippen molar-refractivity contribution in [1.82, 2.24) is 19.9 Å². The summed E-state index contributed by atoms with van der Waals surface area (Å²) in [5.41, 5.74) is 0.960. The largest absolute Gasteiger partial charge is 0.353 e. The van der Waals surface area contributed by atoms with Crippen molar-refractivity contribution in [3.63, 3.8) is 0 Å². The van der Waals surface area contributed by atoms with Gasteiger partial charge in [-0.25, -0.2) is 9.97 Å². The fourth-order valence-corrected chi connectivity index (χ4v) is 2.59. The van der Waals surface area contributed by atoms with E-state index in [0.29, 0.717) is 6.42 Å². The van der Waals surface area contributed by atoms with Crippen LogP contribution < -0.4 is 4.90 Å². The highest BCUT2D eigenvalue weighted by atomic mass is 16.2. The summed E-state index contributed by atoms with van der Waals surface area (Å²) >= 11 is 0. The molecule has 1 fully saturated rings. The maximum absolute atomic E-state index is 12.3. The molecule has 0 atom stereocenters. The summed E-state index contributed by atoms with van der Waals surface area (Å²) in [6.07, 6.45) is 5.66. The highest BCUT2D eigenvalue weighted by Crippen LogP contribution is 2.13. The SMILES string of the molecule is Cc1nccc(N2CCN(C(=O)Cc3cccnc3)CC2)n1. The number of anilines is 1. The topological polar surface area (TPSA) is 62.2 Å². The monoisotopic (exact) mass is 297 g/mol. The van der Waals surface area contributed by atoms with E-state index >= 15 is 0 Å². The van der Waals surface area contributed by atoms with Crippen molar-refractivity contribution in [2.75, 3.05) is 31.1 Å². The predicted molar refractivity (Wildman–Crippen MR) is 83.5 cm³/mol. The Hall–Kier alpha value is -2.50. The molecule has 3 heterocycles. The fourth-order valence-electron chi connectivity index (χ4n) is 2.59. The first-order valence-corrected chi connectivity index (χ1v) is 7.43. The molecule has 0 spiro atoms. The number of aryl methyl sites for hydroxylation is 1. The molecule has 0 aromatic carbocycles. The van der Waals surface area contributed by atoms with Crippen LogP contribution in [0.3, 0.4) is 0 Å². The van der Waals surface area contributed by atoms with Gasteiger partial charge < -0.3 is 9.80 Å². The van der Waals surface area contributed by atoms with Gasteiger partial charge in [0.05, 0.1) is 6.42 Å². The Labute approximate surface area is 129 Å². The number of rotatable bonds is 3. The zero-order chi connectivity index (χ0) is 15.4. The van der Waals surface area contributed by atoms with Crippen LogP contribution in [0.1, 0.15) is 11.4 Å². The van der Waals surface area contributed by atoms with Crippen LogP contribution in [-0.2, 0) is 11.2 Å². The first-order valence-electron chi connectivity index (χ1n) is 7.43. The summed E-state index contributed by atoms with van der Waals surface area (Å²) in [6, 6.07) is 5.71. The Balaban J connectivity index is 1.56. The second-order valence-electron chi connectivity index (χ2n) is 5.37. The predicted octanol–water partition coefficient (Wildman–Crippen LogP) is 1.07. The summed E-state index contributed by atoms with van der Waals surface area (Å²) in [6.45, 7) is 4.94. The normalized spacial score (nSPS) is 15.0. The molecule has 3 rings (SSSR count). The highest BCUT2D eigenvalue weighted by molar-refractivity contribution is 5.79. The number of nitrogens with zero attached hydrogens (tertiary/aromatic N) is 5. The Morgan fingerprint density at radius 3 is 2.68 bits per heavy atom. The Bertz CT molecular complexity index is 638. The molecule has 1 aliphatic rings. The van der Waals surface area contributed by atoms with Crippen molar-refractivity contribution in [3.05, 3.63) is 48.2 Å². The van der Waals surface area contributed by atoms with E-state index in [-0.39, 0.29) is 5.91 Å². The molecule has 22 heavy (non-hydrogen) atoms. The molecule has 0 N–H and O–H groups in total. The Morgan fingerprint density at radius 1 is 1.18 bits per heavy atom. The molecule has 1 amide bonds. The van der Waals surface area contributed by atoms with Gasteiger partial charge >= 0.3 is 0 Å². The van der Waals surface area contributed by atoms with E-state index in [1.807, 2.05) is 30.0 Å². The van der Waals surface area contributed by atoms with Crippen LogP contribution in [0.5, 0.6) is 0 Å².